The van der Waals surface area contributed by atoms with Crippen LogP contribution >= 0.6 is 0 Å². The Morgan fingerprint density at radius 1 is 1.11 bits per heavy atom. The fourth-order valence-corrected chi connectivity index (χ4v) is 3.21. The summed E-state index contributed by atoms with van der Waals surface area (Å²) in [5.74, 6) is 0.00355. The number of Topliss-reactive ketones (excluding diaryl/α,β-unsaturated/α-hetero) is 1. The van der Waals surface area contributed by atoms with Gasteiger partial charge in [0.2, 0.25) is 0 Å². The molecule has 0 saturated heterocycles. The first-order valence-electron chi connectivity index (χ1n) is 9.31. The van der Waals surface area contributed by atoms with E-state index in [2.05, 4.69) is 9.97 Å². The molecule has 142 valence electrons. The molecular formula is C22H27N3O2. The molecule has 3 rings (SSSR count). The SMILES string of the molecule is CC.CCC(=O)c1cc(C)c(-c2cc3cnc(C)cc3n(C)c2=O)c(C)n1. The van der Waals surface area contributed by atoms with Crippen molar-refractivity contribution in [1.82, 2.24) is 14.5 Å². The maximum absolute atomic E-state index is 12.9. The summed E-state index contributed by atoms with van der Waals surface area (Å²) in [4.78, 5) is 33.6. The monoisotopic (exact) mass is 365 g/mol. The number of ketones is 1. The molecule has 3 aromatic heterocycles. The fourth-order valence-electron chi connectivity index (χ4n) is 3.21. The number of pyridine rings is 3. The van der Waals surface area contributed by atoms with E-state index >= 15 is 0 Å². The maximum Gasteiger partial charge on any atom is 0.258 e. The number of hydrogen-bond acceptors (Lipinski definition) is 4. The van der Waals surface area contributed by atoms with Crippen molar-refractivity contribution in [1.29, 1.82) is 0 Å². The topological polar surface area (TPSA) is 64.8 Å². The molecule has 0 spiro atoms. The Kier molecular flexibility index (Phi) is 6.26. The minimum atomic E-state index is -0.0827. The van der Waals surface area contributed by atoms with Crippen molar-refractivity contribution in [2.45, 2.75) is 48.0 Å². The molecule has 0 unspecified atom stereocenters. The third kappa shape index (κ3) is 3.82. The summed E-state index contributed by atoms with van der Waals surface area (Å²) in [6.45, 7) is 11.5. The van der Waals surface area contributed by atoms with E-state index in [4.69, 9.17) is 0 Å². The van der Waals surface area contributed by atoms with E-state index in [-0.39, 0.29) is 11.3 Å². The normalized spacial score (nSPS) is 10.5. The minimum absolute atomic E-state index is 0.00355. The molecule has 0 atom stereocenters. The first kappa shape index (κ1) is 20.5. The van der Waals surface area contributed by atoms with Gasteiger partial charge in [0.05, 0.1) is 5.52 Å². The smallest absolute Gasteiger partial charge is 0.258 e. The number of aryl methyl sites for hydroxylation is 4. The van der Waals surface area contributed by atoms with E-state index in [9.17, 15) is 9.59 Å². The number of fused-ring (bicyclic) bond motifs is 1. The van der Waals surface area contributed by atoms with Gasteiger partial charge in [0, 0.05) is 47.6 Å². The van der Waals surface area contributed by atoms with Crippen molar-refractivity contribution in [2.24, 2.45) is 7.05 Å². The molecule has 0 bridgehead atoms. The standard InChI is InChI=1S/C20H21N3O2.C2H6/c1-6-18(24)16-7-11(2)19(13(4)22-16)15-9-14-10-21-12(3)8-17(14)23(5)20(15)25;1-2/h7-10H,6H2,1-5H3;1-2H3. The Morgan fingerprint density at radius 2 is 1.78 bits per heavy atom. The van der Waals surface area contributed by atoms with Gasteiger partial charge in [-0.05, 0) is 44.5 Å². The number of carbonyl (C=O) groups excluding carboxylic acids is 1. The van der Waals surface area contributed by atoms with Crippen molar-refractivity contribution >= 4 is 16.7 Å². The largest absolute Gasteiger partial charge is 0.311 e. The minimum Gasteiger partial charge on any atom is -0.311 e. The van der Waals surface area contributed by atoms with Crippen LogP contribution in [0.2, 0.25) is 0 Å². The predicted octanol–water partition coefficient (Wildman–Crippen LogP) is 4.54. The second-order valence-corrected chi connectivity index (χ2v) is 6.37. The Labute approximate surface area is 160 Å². The van der Waals surface area contributed by atoms with Crippen LogP contribution in [0.4, 0.5) is 0 Å². The third-order valence-electron chi connectivity index (χ3n) is 4.52. The van der Waals surface area contributed by atoms with E-state index in [1.807, 2.05) is 53.7 Å². The molecular weight excluding hydrogens is 338 g/mol. The molecule has 0 aliphatic heterocycles. The summed E-state index contributed by atoms with van der Waals surface area (Å²) in [6.07, 6.45) is 2.19. The van der Waals surface area contributed by atoms with Crippen molar-refractivity contribution in [3.8, 4) is 11.1 Å². The highest BCUT2D eigenvalue weighted by molar-refractivity contribution is 5.95. The first-order valence-corrected chi connectivity index (χ1v) is 9.31. The van der Waals surface area contributed by atoms with Crippen LogP contribution in [0.3, 0.4) is 0 Å². The molecule has 0 fully saturated rings. The summed E-state index contributed by atoms with van der Waals surface area (Å²) < 4.78 is 1.64. The van der Waals surface area contributed by atoms with Gasteiger partial charge in [-0.3, -0.25) is 14.6 Å². The van der Waals surface area contributed by atoms with Gasteiger partial charge in [0.25, 0.3) is 5.56 Å². The van der Waals surface area contributed by atoms with Crippen LogP contribution in [0.25, 0.3) is 22.0 Å². The average molecular weight is 365 g/mol. The van der Waals surface area contributed by atoms with Gasteiger partial charge < -0.3 is 4.57 Å². The molecule has 3 heterocycles. The highest BCUT2D eigenvalue weighted by atomic mass is 16.1. The maximum atomic E-state index is 12.9. The molecule has 0 aliphatic carbocycles. The lowest BCUT2D eigenvalue weighted by molar-refractivity contribution is 0.0983. The summed E-state index contributed by atoms with van der Waals surface area (Å²) in [5, 5.41) is 0.898. The van der Waals surface area contributed by atoms with Crippen LogP contribution in [0.15, 0.2) is 29.2 Å². The van der Waals surface area contributed by atoms with Crippen LogP contribution < -0.4 is 5.56 Å². The van der Waals surface area contributed by atoms with E-state index in [0.717, 1.165) is 27.7 Å². The van der Waals surface area contributed by atoms with Gasteiger partial charge in [-0.25, -0.2) is 4.98 Å². The van der Waals surface area contributed by atoms with E-state index in [1.165, 1.54) is 0 Å². The number of hydrogen-bond donors (Lipinski definition) is 0. The van der Waals surface area contributed by atoms with Crippen molar-refractivity contribution < 1.29 is 4.79 Å². The van der Waals surface area contributed by atoms with E-state index < -0.39 is 0 Å². The fraction of sp³-hybridized carbons (Fsp3) is 0.364. The molecule has 0 amide bonds. The van der Waals surface area contributed by atoms with Crippen LogP contribution in [-0.2, 0) is 7.05 Å². The molecule has 0 N–H and O–H groups in total. The Morgan fingerprint density at radius 3 is 2.37 bits per heavy atom. The number of nitrogens with zero attached hydrogens (tertiary/aromatic N) is 3. The molecule has 0 radical (unpaired) electrons. The van der Waals surface area contributed by atoms with Gasteiger partial charge in [0.1, 0.15) is 5.69 Å². The molecule has 5 nitrogen and oxygen atoms in total. The highest BCUT2D eigenvalue weighted by Crippen LogP contribution is 2.27. The lowest BCUT2D eigenvalue weighted by Gasteiger charge is -2.14. The summed E-state index contributed by atoms with van der Waals surface area (Å²) in [5.41, 5.74) is 5.02. The van der Waals surface area contributed by atoms with Gasteiger partial charge >= 0.3 is 0 Å². The van der Waals surface area contributed by atoms with Crippen LogP contribution in [0.1, 0.15) is 54.6 Å². The second kappa shape index (κ2) is 8.25. The van der Waals surface area contributed by atoms with Crippen LogP contribution in [0, 0.1) is 20.8 Å². The van der Waals surface area contributed by atoms with E-state index in [1.54, 1.807) is 23.9 Å². The van der Waals surface area contributed by atoms with Crippen molar-refractivity contribution in [3.05, 3.63) is 57.4 Å². The summed E-state index contributed by atoms with van der Waals surface area (Å²) in [7, 11) is 1.76. The van der Waals surface area contributed by atoms with Crippen molar-refractivity contribution in [2.75, 3.05) is 0 Å². The molecule has 0 saturated carbocycles. The Bertz CT molecular complexity index is 1040. The zero-order valence-corrected chi connectivity index (χ0v) is 17.2. The lowest BCUT2D eigenvalue weighted by atomic mass is 9.97. The number of aromatic nitrogens is 3. The van der Waals surface area contributed by atoms with Gasteiger partial charge in [0.15, 0.2) is 5.78 Å². The summed E-state index contributed by atoms with van der Waals surface area (Å²) in [6, 6.07) is 5.54. The van der Waals surface area contributed by atoms with Gasteiger partial charge in [-0.2, -0.15) is 0 Å². The van der Waals surface area contributed by atoms with Crippen LogP contribution in [0.5, 0.6) is 0 Å². The Balaban J connectivity index is 0.00000126. The molecule has 5 heteroatoms. The number of carbonyl (C=O) groups is 1. The molecule has 3 aromatic rings. The number of rotatable bonds is 3. The zero-order valence-electron chi connectivity index (χ0n) is 17.2. The molecule has 0 aromatic carbocycles. The van der Waals surface area contributed by atoms with E-state index in [0.29, 0.717) is 23.4 Å². The average Bonchev–Trinajstić information content (AvgIpc) is 2.66. The molecule has 27 heavy (non-hydrogen) atoms. The summed E-state index contributed by atoms with van der Waals surface area (Å²) >= 11 is 0. The van der Waals surface area contributed by atoms with Gasteiger partial charge in [-0.1, -0.05) is 20.8 Å². The first-order chi connectivity index (χ1) is 12.8. The molecule has 0 aliphatic rings. The van der Waals surface area contributed by atoms with Crippen LogP contribution in [-0.4, -0.2) is 20.3 Å². The lowest BCUT2D eigenvalue weighted by Crippen LogP contribution is -2.20. The zero-order chi connectivity index (χ0) is 20.3. The van der Waals surface area contributed by atoms with Crippen molar-refractivity contribution in [3.63, 3.8) is 0 Å². The third-order valence-corrected chi connectivity index (χ3v) is 4.52. The Hall–Kier alpha value is -2.82. The predicted molar refractivity (Wildman–Crippen MR) is 110 cm³/mol. The second-order valence-electron chi connectivity index (χ2n) is 6.37. The quantitative estimate of drug-likeness (QED) is 0.639. The highest BCUT2D eigenvalue weighted by Gasteiger charge is 2.17. The van der Waals surface area contributed by atoms with Gasteiger partial charge in [-0.15, -0.1) is 0 Å².